The highest BCUT2D eigenvalue weighted by Crippen LogP contribution is 2.23. The number of hydrogen-bond acceptors (Lipinski definition) is 5. The molecule has 0 saturated heterocycles. The average molecular weight is 407 g/mol. The molecular formula is C18H12BrFO5. The van der Waals surface area contributed by atoms with E-state index in [0.29, 0.717) is 10.1 Å². The van der Waals surface area contributed by atoms with Gasteiger partial charge >= 0.3 is 11.6 Å². The zero-order chi connectivity index (χ0) is 18.0. The Morgan fingerprint density at radius 2 is 2.00 bits per heavy atom. The van der Waals surface area contributed by atoms with Crippen LogP contribution in [0.25, 0.3) is 11.0 Å². The summed E-state index contributed by atoms with van der Waals surface area (Å²) in [5.41, 5.74) is 0.593. The second-order valence-electron chi connectivity index (χ2n) is 5.24. The highest BCUT2D eigenvalue weighted by atomic mass is 79.9. The number of hydrogen-bond donors (Lipinski definition) is 0. The van der Waals surface area contributed by atoms with E-state index in [1.54, 1.807) is 25.1 Å². The summed E-state index contributed by atoms with van der Waals surface area (Å²) in [5, 5.41) is 0.743. The van der Waals surface area contributed by atoms with Gasteiger partial charge in [-0.1, -0.05) is 15.9 Å². The van der Waals surface area contributed by atoms with Gasteiger partial charge in [-0.05, 0) is 42.8 Å². The monoisotopic (exact) mass is 406 g/mol. The molecule has 0 atom stereocenters. The van der Waals surface area contributed by atoms with Gasteiger partial charge in [0.05, 0.1) is 0 Å². The van der Waals surface area contributed by atoms with Crippen molar-refractivity contribution in [1.82, 2.24) is 0 Å². The number of aryl methyl sites for hydroxylation is 1. The van der Waals surface area contributed by atoms with Crippen LogP contribution < -0.4 is 15.1 Å². The number of benzene rings is 2. The standard InChI is InChI=1S/C18H12BrFO5/c1-10-6-17(21)25-16-8-12(3-4-13(10)16)24-18(22)9-23-15-5-2-11(19)7-14(15)20/h2-8H,9H2,1H3. The minimum Gasteiger partial charge on any atom is -0.479 e. The molecule has 0 radical (unpaired) electrons. The quantitative estimate of drug-likeness (QED) is 0.372. The third-order valence-electron chi connectivity index (χ3n) is 3.39. The Hall–Kier alpha value is -2.67. The maximum atomic E-state index is 13.6. The molecule has 0 aliphatic carbocycles. The summed E-state index contributed by atoms with van der Waals surface area (Å²) in [5.74, 6) is -1.16. The van der Waals surface area contributed by atoms with E-state index in [1.165, 1.54) is 24.3 Å². The van der Waals surface area contributed by atoms with Crippen molar-refractivity contribution in [2.75, 3.05) is 6.61 Å². The van der Waals surface area contributed by atoms with Gasteiger partial charge in [-0.2, -0.15) is 0 Å². The van der Waals surface area contributed by atoms with Gasteiger partial charge in [0.1, 0.15) is 11.3 Å². The molecule has 0 aliphatic heterocycles. The highest BCUT2D eigenvalue weighted by molar-refractivity contribution is 9.10. The van der Waals surface area contributed by atoms with Gasteiger partial charge in [0, 0.05) is 22.0 Å². The lowest BCUT2D eigenvalue weighted by Gasteiger charge is -2.08. The van der Waals surface area contributed by atoms with E-state index in [4.69, 9.17) is 13.9 Å². The Kier molecular flexibility index (Phi) is 4.85. The van der Waals surface area contributed by atoms with Crippen LogP contribution in [0.15, 0.2) is 56.1 Å². The number of ether oxygens (including phenoxy) is 2. The maximum absolute atomic E-state index is 13.6. The molecule has 0 aliphatic rings. The fraction of sp³-hybridized carbons (Fsp3) is 0.111. The molecule has 7 heteroatoms. The minimum absolute atomic E-state index is 0.0553. The molecule has 0 unspecified atom stereocenters. The first kappa shape index (κ1) is 17.2. The fourth-order valence-electron chi connectivity index (χ4n) is 2.26. The molecule has 0 amide bonds. The molecule has 128 valence electrons. The van der Waals surface area contributed by atoms with Crippen LogP contribution in [0.2, 0.25) is 0 Å². The smallest absolute Gasteiger partial charge is 0.349 e. The fourth-order valence-corrected chi connectivity index (χ4v) is 2.59. The molecule has 0 N–H and O–H groups in total. The number of fused-ring (bicyclic) bond motifs is 1. The van der Waals surface area contributed by atoms with Crippen LogP contribution in [0.4, 0.5) is 4.39 Å². The summed E-state index contributed by atoms with van der Waals surface area (Å²) in [4.78, 5) is 23.3. The van der Waals surface area contributed by atoms with E-state index in [-0.39, 0.29) is 11.5 Å². The number of rotatable bonds is 4. The van der Waals surface area contributed by atoms with Gasteiger partial charge in [-0.3, -0.25) is 0 Å². The lowest BCUT2D eigenvalue weighted by Crippen LogP contribution is -2.18. The van der Waals surface area contributed by atoms with Crippen LogP contribution >= 0.6 is 15.9 Å². The van der Waals surface area contributed by atoms with Crippen LogP contribution in [0.1, 0.15) is 5.56 Å². The van der Waals surface area contributed by atoms with Crippen molar-refractivity contribution in [2.24, 2.45) is 0 Å². The van der Waals surface area contributed by atoms with Crippen LogP contribution in [0.5, 0.6) is 11.5 Å². The van der Waals surface area contributed by atoms with E-state index < -0.39 is 24.0 Å². The Labute approximate surface area is 150 Å². The zero-order valence-electron chi connectivity index (χ0n) is 13.0. The number of esters is 1. The minimum atomic E-state index is -0.711. The predicted octanol–water partition coefficient (Wildman–Crippen LogP) is 3.99. The van der Waals surface area contributed by atoms with Crippen molar-refractivity contribution >= 4 is 32.9 Å². The molecular weight excluding hydrogens is 395 g/mol. The maximum Gasteiger partial charge on any atom is 0.349 e. The first-order valence-electron chi connectivity index (χ1n) is 7.25. The lowest BCUT2D eigenvalue weighted by atomic mass is 10.1. The molecule has 0 bridgehead atoms. The molecule has 1 aromatic heterocycles. The second kappa shape index (κ2) is 7.06. The van der Waals surface area contributed by atoms with E-state index >= 15 is 0 Å². The number of halogens is 2. The van der Waals surface area contributed by atoms with Crippen molar-refractivity contribution in [3.05, 3.63) is 68.7 Å². The molecule has 25 heavy (non-hydrogen) atoms. The van der Waals surface area contributed by atoms with Gasteiger partial charge in [-0.15, -0.1) is 0 Å². The number of carbonyl (C=O) groups excluding carboxylic acids is 1. The van der Waals surface area contributed by atoms with Crippen LogP contribution in [0, 0.1) is 12.7 Å². The van der Waals surface area contributed by atoms with E-state index in [1.807, 2.05) is 0 Å². The SMILES string of the molecule is Cc1cc(=O)oc2cc(OC(=O)COc3ccc(Br)cc3F)ccc12. The van der Waals surface area contributed by atoms with Gasteiger partial charge < -0.3 is 13.9 Å². The normalized spacial score (nSPS) is 10.7. The Bertz CT molecular complexity index is 1010. The molecule has 5 nitrogen and oxygen atoms in total. The van der Waals surface area contributed by atoms with Gasteiger partial charge in [-0.25, -0.2) is 14.0 Å². The topological polar surface area (TPSA) is 65.7 Å². The van der Waals surface area contributed by atoms with Crippen molar-refractivity contribution in [3.63, 3.8) is 0 Å². The molecule has 0 spiro atoms. The van der Waals surface area contributed by atoms with E-state index in [2.05, 4.69) is 15.9 Å². The largest absolute Gasteiger partial charge is 0.479 e. The Morgan fingerprint density at radius 3 is 2.76 bits per heavy atom. The highest BCUT2D eigenvalue weighted by Gasteiger charge is 2.11. The summed E-state index contributed by atoms with van der Waals surface area (Å²) in [6.07, 6.45) is 0. The predicted molar refractivity (Wildman–Crippen MR) is 92.5 cm³/mol. The van der Waals surface area contributed by atoms with Gasteiger partial charge in [0.25, 0.3) is 0 Å². The molecule has 3 rings (SSSR count). The summed E-state index contributed by atoms with van der Waals surface area (Å²) >= 11 is 3.13. The zero-order valence-corrected chi connectivity index (χ0v) is 14.6. The average Bonchev–Trinajstić information content (AvgIpc) is 2.53. The first-order valence-corrected chi connectivity index (χ1v) is 8.05. The molecule has 3 aromatic rings. The second-order valence-corrected chi connectivity index (χ2v) is 6.16. The summed E-state index contributed by atoms with van der Waals surface area (Å²) in [6, 6.07) is 10.3. The van der Waals surface area contributed by atoms with Crippen LogP contribution in [-0.2, 0) is 4.79 Å². The van der Waals surface area contributed by atoms with Crippen molar-refractivity contribution in [1.29, 1.82) is 0 Å². The van der Waals surface area contributed by atoms with Gasteiger partial charge in [0.2, 0.25) is 0 Å². The third kappa shape index (κ3) is 4.06. The molecule has 0 fully saturated rings. The Morgan fingerprint density at radius 1 is 1.20 bits per heavy atom. The van der Waals surface area contributed by atoms with Gasteiger partial charge in [0.15, 0.2) is 18.2 Å². The van der Waals surface area contributed by atoms with Crippen molar-refractivity contribution < 1.29 is 23.1 Å². The number of carbonyl (C=O) groups is 1. The van der Waals surface area contributed by atoms with Crippen molar-refractivity contribution in [3.8, 4) is 11.5 Å². The molecule has 2 aromatic carbocycles. The first-order chi connectivity index (χ1) is 11.9. The lowest BCUT2D eigenvalue weighted by molar-refractivity contribution is -0.136. The third-order valence-corrected chi connectivity index (χ3v) is 3.89. The summed E-state index contributed by atoms with van der Waals surface area (Å²) in [6.45, 7) is 1.32. The van der Waals surface area contributed by atoms with E-state index in [0.717, 1.165) is 10.9 Å². The van der Waals surface area contributed by atoms with E-state index in [9.17, 15) is 14.0 Å². The van der Waals surface area contributed by atoms with Crippen molar-refractivity contribution in [2.45, 2.75) is 6.92 Å². The molecule has 0 saturated carbocycles. The molecule has 1 heterocycles. The van der Waals surface area contributed by atoms with Crippen LogP contribution in [0.3, 0.4) is 0 Å². The summed E-state index contributed by atoms with van der Waals surface area (Å²) in [7, 11) is 0. The summed E-state index contributed by atoms with van der Waals surface area (Å²) < 4.78 is 29.5. The van der Waals surface area contributed by atoms with Crippen LogP contribution in [-0.4, -0.2) is 12.6 Å². The Balaban J connectivity index is 1.70.